The van der Waals surface area contributed by atoms with Crippen molar-refractivity contribution in [3.63, 3.8) is 0 Å². The molecule has 5 nitrogen and oxygen atoms in total. The third kappa shape index (κ3) is 4.04. The van der Waals surface area contributed by atoms with Crippen LogP contribution in [0.2, 0.25) is 0 Å². The summed E-state index contributed by atoms with van der Waals surface area (Å²) in [5.74, 6) is -0.0911. The smallest absolute Gasteiger partial charge is 0.237 e. The van der Waals surface area contributed by atoms with Gasteiger partial charge < -0.3 is 10.4 Å². The lowest BCUT2D eigenvalue weighted by Crippen LogP contribution is -2.45. The van der Waals surface area contributed by atoms with Gasteiger partial charge in [0.25, 0.3) is 0 Å². The first-order chi connectivity index (χ1) is 6.37. The summed E-state index contributed by atoms with van der Waals surface area (Å²) in [4.78, 5) is 16.5. The Morgan fingerprint density at radius 2 is 2.29 bits per heavy atom. The highest BCUT2D eigenvalue weighted by Crippen LogP contribution is 2.05. The molecule has 14 heavy (non-hydrogen) atoms. The van der Waals surface area contributed by atoms with Crippen LogP contribution in [0.3, 0.4) is 0 Å². The van der Waals surface area contributed by atoms with Gasteiger partial charge in [0.15, 0.2) is 0 Å². The van der Waals surface area contributed by atoms with Crippen LogP contribution in [0.1, 0.15) is 20.8 Å². The largest absolute Gasteiger partial charge is 0.389 e. The predicted molar refractivity (Wildman–Crippen MR) is 51.4 cm³/mol. The van der Waals surface area contributed by atoms with E-state index in [9.17, 15) is 4.79 Å². The Kier molecular flexibility index (Phi) is 3.47. The number of rotatable bonds is 2. The van der Waals surface area contributed by atoms with Crippen molar-refractivity contribution in [2.45, 2.75) is 32.4 Å². The number of aliphatic hydroxyl groups is 1. The van der Waals surface area contributed by atoms with E-state index in [0.717, 1.165) is 0 Å². The van der Waals surface area contributed by atoms with E-state index in [1.54, 1.807) is 0 Å². The van der Waals surface area contributed by atoms with Gasteiger partial charge in [-0.3, -0.25) is 9.63 Å². The molecular formula is C9H18N2O3. The number of β-amino-alcohol motifs (C(OH)–C–C–N with tert-alkyl or cyclic N) is 1. The summed E-state index contributed by atoms with van der Waals surface area (Å²) in [7, 11) is 0. The Morgan fingerprint density at radius 1 is 1.64 bits per heavy atom. The zero-order valence-electron chi connectivity index (χ0n) is 8.91. The Labute approximate surface area is 84.0 Å². The van der Waals surface area contributed by atoms with E-state index in [2.05, 4.69) is 5.32 Å². The van der Waals surface area contributed by atoms with Crippen molar-refractivity contribution in [2.75, 3.05) is 19.7 Å². The maximum atomic E-state index is 11.4. The van der Waals surface area contributed by atoms with E-state index in [-0.39, 0.29) is 24.6 Å². The third-order valence-electron chi connectivity index (χ3n) is 1.70. The van der Waals surface area contributed by atoms with Gasteiger partial charge in [0.1, 0.15) is 6.54 Å². The fraction of sp³-hybridized carbons (Fsp3) is 0.889. The van der Waals surface area contributed by atoms with Gasteiger partial charge in [0, 0.05) is 5.54 Å². The molecular weight excluding hydrogens is 184 g/mol. The van der Waals surface area contributed by atoms with Crippen LogP contribution in [-0.4, -0.2) is 47.4 Å². The molecule has 0 spiro atoms. The molecule has 1 unspecified atom stereocenters. The van der Waals surface area contributed by atoms with Gasteiger partial charge in [-0.15, -0.1) is 0 Å². The summed E-state index contributed by atoms with van der Waals surface area (Å²) in [6.07, 6.45) is -0.475. The third-order valence-corrected chi connectivity index (χ3v) is 1.70. The number of aliphatic hydroxyl groups excluding tert-OH is 1. The second-order valence-electron chi connectivity index (χ2n) is 4.57. The van der Waals surface area contributed by atoms with Gasteiger partial charge in [-0.1, -0.05) is 0 Å². The molecule has 1 aliphatic rings. The molecule has 0 bridgehead atoms. The summed E-state index contributed by atoms with van der Waals surface area (Å²) in [6.45, 7) is 6.62. The highest BCUT2D eigenvalue weighted by molar-refractivity contribution is 5.78. The SMILES string of the molecule is CC(C)(C)NC(=O)CN1CC(O)CO1. The topological polar surface area (TPSA) is 61.8 Å². The number of hydrogen-bond acceptors (Lipinski definition) is 4. The molecule has 1 fully saturated rings. The van der Waals surface area contributed by atoms with Crippen molar-refractivity contribution in [2.24, 2.45) is 0 Å². The normalized spacial score (nSPS) is 23.9. The molecule has 1 heterocycles. The predicted octanol–water partition coefficient (Wildman–Crippen LogP) is -0.491. The fourth-order valence-corrected chi connectivity index (χ4v) is 1.26. The molecule has 0 aromatic rings. The van der Waals surface area contributed by atoms with Gasteiger partial charge in [-0.05, 0) is 20.8 Å². The van der Waals surface area contributed by atoms with E-state index in [0.29, 0.717) is 6.54 Å². The number of carbonyl (C=O) groups excluding carboxylic acids is 1. The molecule has 0 saturated carbocycles. The summed E-state index contributed by atoms with van der Waals surface area (Å²) < 4.78 is 0. The fourth-order valence-electron chi connectivity index (χ4n) is 1.26. The molecule has 1 saturated heterocycles. The molecule has 0 radical (unpaired) electrons. The molecule has 0 aliphatic carbocycles. The average Bonchev–Trinajstić information content (AvgIpc) is 2.30. The van der Waals surface area contributed by atoms with E-state index < -0.39 is 6.10 Å². The molecule has 1 amide bonds. The summed E-state index contributed by atoms with van der Waals surface area (Å²) in [6, 6.07) is 0. The van der Waals surface area contributed by atoms with E-state index >= 15 is 0 Å². The van der Waals surface area contributed by atoms with Crippen molar-refractivity contribution >= 4 is 5.91 Å². The van der Waals surface area contributed by atoms with Crippen molar-refractivity contribution < 1.29 is 14.7 Å². The summed E-state index contributed by atoms with van der Waals surface area (Å²) in [5.41, 5.74) is -0.227. The summed E-state index contributed by atoms with van der Waals surface area (Å²) in [5, 5.41) is 13.4. The maximum Gasteiger partial charge on any atom is 0.237 e. The minimum absolute atomic E-state index is 0.0911. The molecule has 0 aromatic carbocycles. The Balaban J connectivity index is 2.27. The number of hydrogen-bond donors (Lipinski definition) is 2. The number of hydroxylamine groups is 2. The van der Waals surface area contributed by atoms with Crippen LogP contribution >= 0.6 is 0 Å². The van der Waals surface area contributed by atoms with E-state index in [4.69, 9.17) is 9.94 Å². The summed E-state index contributed by atoms with van der Waals surface area (Å²) >= 11 is 0. The number of nitrogens with one attached hydrogen (secondary N) is 1. The highest BCUT2D eigenvalue weighted by Gasteiger charge is 2.24. The zero-order valence-corrected chi connectivity index (χ0v) is 8.91. The monoisotopic (exact) mass is 202 g/mol. The molecule has 5 heteroatoms. The lowest BCUT2D eigenvalue weighted by molar-refractivity contribution is -0.143. The molecule has 0 aromatic heterocycles. The number of nitrogens with zero attached hydrogens (tertiary/aromatic N) is 1. The van der Waals surface area contributed by atoms with Gasteiger partial charge in [-0.25, -0.2) is 0 Å². The van der Waals surface area contributed by atoms with Crippen molar-refractivity contribution in [1.82, 2.24) is 10.4 Å². The van der Waals surface area contributed by atoms with Crippen molar-refractivity contribution in [3.8, 4) is 0 Å². The standard InChI is InChI=1S/C9H18N2O3/c1-9(2,3)10-8(13)5-11-4-7(12)6-14-11/h7,12H,4-6H2,1-3H3,(H,10,13). The second-order valence-corrected chi connectivity index (χ2v) is 4.57. The zero-order chi connectivity index (χ0) is 10.8. The van der Waals surface area contributed by atoms with E-state index in [1.807, 2.05) is 20.8 Å². The van der Waals surface area contributed by atoms with Crippen LogP contribution in [0.4, 0.5) is 0 Å². The molecule has 1 aliphatic heterocycles. The first-order valence-electron chi connectivity index (χ1n) is 4.74. The maximum absolute atomic E-state index is 11.4. The quantitative estimate of drug-likeness (QED) is 0.634. The lowest BCUT2D eigenvalue weighted by Gasteiger charge is -2.22. The molecule has 82 valence electrons. The van der Waals surface area contributed by atoms with Gasteiger partial charge >= 0.3 is 0 Å². The van der Waals surface area contributed by atoms with Gasteiger partial charge in [0.05, 0.1) is 19.3 Å². The molecule has 2 N–H and O–H groups in total. The second kappa shape index (κ2) is 4.25. The van der Waals surface area contributed by atoms with Crippen LogP contribution in [0.25, 0.3) is 0 Å². The number of amides is 1. The van der Waals surface area contributed by atoms with Crippen LogP contribution < -0.4 is 5.32 Å². The Hall–Kier alpha value is -0.650. The molecule has 1 atom stereocenters. The average molecular weight is 202 g/mol. The first-order valence-corrected chi connectivity index (χ1v) is 4.74. The highest BCUT2D eigenvalue weighted by atomic mass is 16.7. The minimum Gasteiger partial charge on any atom is -0.389 e. The van der Waals surface area contributed by atoms with Gasteiger partial charge in [-0.2, -0.15) is 5.06 Å². The number of carbonyl (C=O) groups is 1. The first kappa shape index (κ1) is 11.4. The lowest BCUT2D eigenvalue weighted by atomic mass is 10.1. The molecule has 1 rings (SSSR count). The van der Waals surface area contributed by atoms with Crippen LogP contribution in [-0.2, 0) is 9.63 Å². The van der Waals surface area contributed by atoms with Crippen LogP contribution in [0, 0.1) is 0 Å². The minimum atomic E-state index is -0.475. The van der Waals surface area contributed by atoms with Crippen LogP contribution in [0.15, 0.2) is 0 Å². The van der Waals surface area contributed by atoms with E-state index in [1.165, 1.54) is 5.06 Å². The Morgan fingerprint density at radius 3 is 2.71 bits per heavy atom. The Bertz CT molecular complexity index is 213. The van der Waals surface area contributed by atoms with Crippen molar-refractivity contribution in [3.05, 3.63) is 0 Å². The van der Waals surface area contributed by atoms with Crippen LogP contribution in [0.5, 0.6) is 0 Å². The van der Waals surface area contributed by atoms with Gasteiger partial charge in [0.2, 0.25) is 5.91 Å². The van der Waals surface area contributed by atoms with Crippen molar-refractivity contribution in [1.29, 1.82) is 0 Å².